The molecule has 26 heavy (non-hydrogen) atoms. The average Bonchev–Trinajstić information content (AvgIpc) is 3.01. The van der Waals surface area contributed by atoms with Crippen LogP contribution in [0.4, 0.5) is 10.1 Å². The molecule has 0 bridgehead atoms. The van der Waals surface area contributed by atoms with Gasteiger partial charge in [0, 0.05) is 22.2 Å². The Hall–Kier alpha value is -2.51. The van der Waals surface area contributed by atoms with Gasteiger partial charge in [-0.1, -0.05) is 29.3 Å². The molecule has 3 aromatic rings. The lowest BCUT2D eigenvalue weighted by atomic mass is 10.1. The maximum Gasteiger partial charge on any atom is 0.224 e. The number of tetrazole rings is 1. The molecule has 3 rings (SSSR count). The smallest absolute Gasteiger partial charge is 0.224 e. The molecule has 1 N–H and O–H groups in total. The Labute approximate surface area is 158 Å². The van der Waals surface area contributed by atoms with Crippen molar-refractivity contribution in [3.63, 3.8) is 0 Å². The van der Waals surface area contributed by atoms with E-state index in [2.05, 4.69) is 20.8 Å². The van der Waals surface area contributed by atoms with Crippen molar-refractivity contribution in [3.05, 3.63) is 63.6 Å². The van der Waals surface area contributed by atoms with Gasteiger partial charge in [0.1, 0.15) is 11.5 Å². The molecule has 0 radical (unpaired) electrons. The molecule has 0 fully saturated rings. The molecule has 1 amide bonds. The van der Waals surface area contributed by atoms with E-state index in [9.17, 15) is 9.18 Å². The molecule has 0 saturated carbocycles. The Morgan fingerprint density at radius 3 is 2.73 bits per heavy atom. The number of nitrogens with one attached hydrogen (secondary N) is 1. The highest BCUT2D eigenvalue weighted by Crippen LogP contribution is 2.23. The first-order valence-corrected chi connectivity index (χ1v) is 8.48. The highest BCUT2D eigenvalue weighted by Gasteiger charge is 2.12. The Kier molecular flexibility index (Phi) is 5.49. The zero-order chi connectivity index (χ0) is 18.7. The molecule has 2 aromatic carbocycles. The van der Waals surface area contributed by atoms with Crippen LogP contribution in [0.1, 0.15) is 17.8 Å². The highest BCUT2D eigenvalue weighted by atomic mass is 35.5. The van der Waals surface area contributed by atoms with E-state index in [1.54, 1.807) is 25.1 Å². The molecule has 0 aliphatic rings. The van der Waals surface area contributed by atoms with Gasteiger partial charge in [-0.05, 0) is 59.7 Å². The van der Waals surface area contributed by atoms with Crippen molar-refractivity contribution in [1.29, 1.82) is 0 Å². The van der Waals surface area contributed by atoms with E-state index in [1.165, 1.54) is 22.9 Å². The van der Waals surface area contributed by atoms with E-state index in [1.807, 2.05) is 0 Å². The van der Waals surface area contributed by atoms with Crippen LogP contribution in [-0.2, 0) is 11.2 Å². The molecule has 0 aliphatic carbocycles. The number of halogens is 3. The number of aromatic nitrogens is 4. The second-order valence-corrected chi connectivity index (χ2v) is 6.43. The summed E-state index contributed by atoms with van der Waals surface area (Å²) in [6.07, 6.45) is 0.681. The van der Waals surface area contributed by atoms with Gasteiger partial charge in [0.2, 0.25) is 5.91 Å². The topological polar surface area (TPSA) is 72.7 Å². The molecule has 0 saturated heterocycles. The molecule has 1 aromatic heterocycles. The zero-order valence-electron chi connectivity index (χ0n) is 13.7. The Morgan fingerprint density at radius 2 is 2.04 bits per heavy atom. The third kappa shape index (κ3) is 4.17. The van der Waals surface area contributed by atoms with Crippen molar-refractivity contribution >= 4 is 34.8 Å². The SMILES string of the molecule is Cc1nnnn1-c1cc(NC(=O)CCc2ccc(Cl)cc2Cl)ccc1F. The molecule has 9 heteroatoms. The van der Waals surface area contributed by atoms with Crippen LogP contribution in [0.3, 0.4) is 0 Å². The van der Waals surface area contributed by atoms with Crippen molar-refractivity contribution in [2.24, 2.45) is 0 Å². The van der Waals surface area contributed by atoms with Gasteiger partial charge in [0.05, 0.1) is 0 Å². The van der Waals surface area contributed by atoms with Crippen LogP contribution >= 0.6 is 23.2 Å². The zero-order valence-corrected chi connectivity index (χ0v) is 15.2. The largest absolute Gasteiger partial charge is 0.326 e. The van der Waals surface area contributed by atoms with Crippen molar-refractivity contribution < 1.29 is 9.18 Å². The van der Waals surface area contributed by atoms with Crippen molar-refractivity contribution in [2.75, 3.05) is 5.32 Å². The van der Waals surface area contributed by atoms with E-state index in [0.29, 0.717) is 28.0 Å². The fraction of sp³-hybridized carbons (Fsp3) is 0.176. The van der Waals surface area contributed by atoms with Crippen LogP contribution in [-0.4, -0.2) is 26.1 Å². The van der Waals surface area contributed by atoms with Gasteiger partial charge in [-0.3, -0.25) is 4.79 Å². The minimum Gasteiger partial charge on any atom is -0.326 e. The van der Waals surface area contributed by atoms with Gasteiger partial charge in [0.15, 0.2) is 5.82 Å². The summed E-state index contributed by atoms with van der Waals surface area (Å²) in [5.74, 6) is -0.280. The number of carbonyl (C=O) groups excluding carboxylic acids is 1. The molecular weight excluding hydrogens is 380 g/mol. The molecule has 0 spiro atoms. The number of amides is 1. The number of benzene rings is 2. The molecule has 134 valence electrons. The van der Waals surface area contributed by atoms with Gasteiger partial charge in [-0.25, -0.2) is 4.39 Å². The highest BCUT2D eigenvalue weighted by molar-refractivity contribution is 6.35. The average molecular weight is 394 g/mol. The van der Waals surface area contributed by atoms with Gasteiger partial charge in [0.25, 0.3) is 0 Å². The van der Waals surface area contributed by atoms with Crippen LogP contribution in [0.5, 0.6) is 0 Å². The van der Waals surface area contributed by atoms with Gasteiger partial charge in [-0.15, -0.1) is 5.10 Å². The van der Waals surface area contributed by atoms with E-state index in [-0.39, 0.29) is 18.0 Å². The number of nitrogens with zero attached hydrogens (tertiary/aromatic N) is 4. The second-order valence-electron chi connectivity index (χ2n) is 5.59. The molecule has 0 unspecified atom stereocenters. The van der Waals surface area contributed by atoms with E-state index < -0.39 is 5.82 Å². The summed E-state index contributed by atoms with van der Waals surface area (Å²) < 4.78 is 15.3. The van der Waals surface area contributed by atoms with Crippen molar-refractivity contribution in [2.45, 2.75) is 19.8 Å². The fourth-order valence-electron chi connectivity index (χ4n) is 2.40. The summed E-state index contributed by atoms with van der Waals surface area (Å²) in [4.78, 5) is 12.2. The van der Waals surface area contributed by atoms with Crippen LogP contribution in [0.15, 0.2) is 36.4 Å². The number of aryl methyl sites for hydroxylation is 2. The molecule has 6 nitrogen and oxygen atoms in total. The minimum absolute atomic E-state index is 0.158. The van der Waals surface area contributed by atoms with Gasteiger partial charge < -0.3 is 5.32 Å². The number of rotatable bonds is 5. The van der Waals surface area contributed by atoms with Crippen LogP contribution in [0, 0.1) is 12.7 Å². The summed E-state index contributed by atoms with van der Waals surface area (Å²) >= 11 is 12.0. The summed E-state index contributed by atoms with van der Waals surface area (Å²) in [5, 5.41) is 14.8. The van der Waals surface area contributed by atoms with Crippen LogP contribution in [0.25, 0.3) is 5.69 Å². The lowest BCUT2D eigenvalue weighted by Gasteiger charge is -2.09. The molecular formula is C17H14Cl2FN5O. The number of hydrogen-bond acceptors (Lipinski definition) is 4. The van der Waals surface area contributed by atoms with E-state index in [0.717, 1.165) is 5.56 Å². The number of carbonyl (C=O) groups is 1. The van der Waals surface area contributed by atoms with Gasteiger partial charge >= 0.3 is 0 Å². The first kappa shape index (κ1) is 18.3. The van der Waals surface area contributed by atoms with Crippen LogP contribution in [0.2, 0.25) is 10.0 Å². The Balaban J connectivity index is 1.69. The third-order valence-electron chi connectivity index (χ3n) is 3.72. The monoisotopic (exact) mass is 393 g/mol. The Bertz CT molecular complexity index is 960. The summed E-state index contributed by atoms with van der Waals surface area (Å²) in [5.41, 5.74) is 1.44. The maximum atomic E-state index is 14.0. The molecule has 0 atom stereocenters. The van der Waals surface area contributed by atoms with Crippen LogP contribution < -0.4 is 5.32 Å². The number of hydrogen-bond donors (Lipinski definition) is 1. The first-order valence-electron chi connectivity index (χ1n) is 7.73. The summed E-state index contributed by atoms with van der Waals surface area (Å²) in [7, 11) is 0. The Morgan fingerprint density at radius 1 is 1.23 bits per heavy atom. The quantitative estimate of drug-likeness (QED) is 0.711. The summed E-state index contributed by atoms with van der Waals surface area (Å²) in [6.45, 7) is 1.65. The minimum atomic E-state index is -0.494. The maximum absolute atomic E-state index is 14.0. The van der Waals surface area contributed by atoms with Crippen molar-refractivity contribution in [3.8, 4) is 5.69 Å². The first-order chi connectivity index (χ1) is 12.4. The van der Waals surface area contributed by atoms with Crippen molar-refractivity contribution in [1.82, 2.24) is 20.2 Å². The lowest BCUT2D eigenvalue weighted by molar-refractivity contribution is -0.116. The second kappa shape index (κ2) is 7.80. The fourth-order valence-corrected chi connectivity index (χ4v) is 2.91. The molecule has 1 heterocycles. The predicted molar refractivity (Wildman–Crippen MR) is 97.3 cm³/mol. The standard InChI is InChI=1S/C17H14Cl2FN5O/c1-10-22-23-24-25(10)16-9-13(5-6-15(16)20)21-17(26)7-3-11-2-4-12(18)8-14(11)19/h2,4-6,8-9H,3,7H2,1H3,(H,21,26). The lowest BCUT2D eigenvalue weighted by Crippen LogP contribution is -2.13. The third-order valence-corrected chi connectivity index (χ3v) is 4.31. The van der Waals surface area contributed by atoms with Gasteiger partial charge in [-0.2, -0.15) is 4.68 Å². The number of anilines is 1. The van der Waals surface area contributed by atoms with E-state index >= 15 is 0 Å². The van der Waals surface area contributed by atoms with E-state index in [4.69, 9.17) is 23.2 Å². The molecule has 0 aliphatic heterocycles. The normalized spacial score (nSPS) is 10.8. The summed E-state index contributed by atoms with van der Waals surface area (Å²) in [6, 6.07) is 9.35. The predicted octanol–water partition coefficient (Wildman–Crippen LogP) is 3.99.